The lowest BCUT2D eigenvalue weighted by atomic mass is 9.44. The Morgan fingerprint density at radius 2 is 2.04 bits per heavy atom. The first kappa shape index (κ1) is 16.8. The van der Waals surface area contributed by atoms with Crippen molar-refractivity contribution in [1.82, 2.24) is 4.90 Å². The van der Waals surface area contributed by atoms with Crippen molar-refractivity contribution in [3.8, 4) is 0 Å². The van der Waals surface area contributed by atoms with Crippen molar-refractivity contribution in [2.24, 2.45) is 16.7 Å². The van der Waals surface area contributed by atoms with E-state index in [1.807, 2.05) is 0 Å². The summed E-state index contributed by atoms with van der Waals surface area (Å²) in [5.41, 5.74) is 7.33. The van der Waals surface area contributed by atoms with Gasteiger partial charge in [0, 0.05) is 18.0 Å². The first-order valence-corrected chi connectivity index (χ1v) is 10.9. The highest BCUT2D eigenvalue weighted by molar-refractivity contribution is 6.31. The average Bonchev–Trinajstić information content (AvgIpc) is 3.17. The predicted molar refractivity (Wildman–Crippen MR) is 109 cm³/mol. The summed E-state index contributed by atoms with van der Waals surface area (Å²) in [5.74, 6) is 1.17. The number of Topliss-reactive ketones (excluding diaryl/α,β-unsaturated/α-hetero) is 1. The molecule has 1 saturated carbocycles. The van der Waals surface area contributed by atoms with Crippen LogP contribution in [0.3, 0.4) is 0 Å². The fourth-order valence-corrected chi connectivity index (χ4v) is 7.97. The predicted octanol–water partition coefficient (Wildman–Crippen LogP) is 5.20. The van der Waals surface area contributed by atoms with Gasteiger partial charge in [-0.2, -0.15) is 0 Å². The number of rotatable bonds is 0. The van der Waals surface area contributed by atoms with E-state index in [2.05, 4.69) is 37.8 Å². The van der Waals surface area contributed by atoms with Gasteiger partial charge >= 0.3 is 0 Å². The Labute approximate surface area is 167 Å². The van der Waals surface area contributed by atoms with Gasteiger partial charge in [0.1, 0.15) is 0 Å². The van der Waals surface area contributed by atoms with E-state index in [0.717, 1.165) is 50.2 Å². The van der Waals surface area contributed by atoms with Crippen molar-refractivity contribution in [2.45, 2.75) is 64.8 Å². The van der Waals surface area contributed by atoms with Crippen LogP contribution in [0.1, 0.15) is 62.6 Å². The minimum absolute atomic E-state index is 0.118. The molecule has 3 atom stereocenters. The van der Waals surface area contributed by atoms with E-state index in [1.165, 1.54) is 28.7 Å². The molecule has 3 saturated heterocycles. The van der Waals surface area contributed by atoms with Gasteiger partial charge in [-0.25, -0.2) is 0 Å². The molecular weight excluding hydrogens is 354 g/mol. The highest BCUT2D eigenvalue weighted by Crippen LogP contribution is 2.68. The van der Waals surface area contributed by atoms with Gasteiger partial charge in [0.2, 0.25) is 0 Å². The van der Waals surface area contributed by atoms with Crippen molar-refractivity contribution in [3.63, 3.8) is 0 Å². The lowest BCUT2D eigenvalue weighted by molar-refractivity contribution is -0.167. The minimum Gasteiger partial charge on any atom is -0.298 e. The summed E-state index contributed by atoms with van der Waals surface area (Å²) >= 11 is 6.52. The average molecular weight is 382 g/mol. The lowest BCUT2D eigenvalue weighted by Crippen LogP contribution is -2.70. The van der Waals surface area contributed by atoms with E-state index in [4.69, 9.17) is 11.6 Å². The van der Waals surface area contributed by atoms with E-state index in [0.29, 0.717) is 11.7 Å². The number of hydrogen-bond acceptors (Lipinski definition) is 2. The van der Waals surface area contributed by atoms with Crippen LogP contribution >= 0.6 is 11.6 Å². The van der Waals surface area contributed by atoms with Crippen molar-refractivity contribution in [1.29, 1.82) is 0 Å². The summed E-state index contributed by atoms with van der Waals surface area (Å²) in [7, 11) is 0. The number of halogens is 1. The van der Waals surface area contributed by atoms with Gasteiger partial charge in [-0.15, -0.1) is 0 Å². The zero-order valence-electron chi connectivity index (χ0n) is 16.6. The summed E-state index contributed by atoms with van der Waals surface area (Å²) in [5, 5.41) is 0.877. The third kappa shape index (κ3) is 1.85. The molecule has 1 aromatic carbocycles. The molecule has 27 heavy (non-hydrogen) atoms. The highest BCUT2D eigenvalue weighted by Gasteiger charge is 2.68. The van der Waals surface area contributed by atoms with E-state index >= 15 is 0 Å². The molecule has 0 aromatic heterocycles. The molecule has 2 spiro atoms. The molecule has 3 heteroatoms. The van der Waals surface area contributed by atoms with Crippen molar-refractivity contribution >= 4 is 23.0 Å². The standard InChI is InChI=1S/C24H28ClNO/c1-14-7-15-8-18-17(16(15)9-19(14)25)10-23-12-21(27)24(5-4-6-26(24)13-23)11-20(23)22(18,2)3/h7,9,20H,4-6,8,10-13H2,1-3H3/t20-,23+,24-/m0/s1. The Morgan fingerprint density at radius 1 is 1.22 bits per heavy atom. The molecule has 3 aliphatic heterocycles. The number of hydrogen-bond donors (Lipinski definition) is 0. The summed E-state index contributed by atoms with van der Waals surface area (Å²) in [6, 6.07) is 4.50. The van der Waals surface area contributed by atoms with Crippen LogP contribution in [0.15, 0.2) is 17.7 Å². The Kier molecular flexibility index (Phi) is 3.04. The van der Waals surface area contributed by atoms with Gasteiger partial charge in [0.25, 0.3) is 0 Å². The first-order chi connectivity index (χ1) is 12.8. The van der Waals surface area contributed by atoms with Crippen molar-refractivity contribution in [2.75, 3.05) is 13.1 Å². The molecule has 0 radical (unpaired) electrons. The smallest absolute Gasteiger partial charge is 0.153 e. The molecule has 2 nitrogen and oxygen atoms in total. The van der Waals surface area contributed by atoms with E-state index in [-0.39, 0.29) is 16.4 Å². The second-order valence-electron chi connectivity index (χ2n) is 10.6. The van der Waals surface area contributed by atoms with Crippen LogP contribution in [-0.4, -0.2) is 29.3 Å². The highest BCUT2D eigenvalue weighted by atomic mass is 35.5. The molecule has 6 aliphatic rings. The molecule has 0 amide bonds. The van der Waals surface area contributed by atoms with Crippen molar-refractivity contribution in [3.05, 3.63) is 39.4 Å². The van der Waals surface area contributed by atoms with Gasteiger partial charge in [-0.3, -0.25) is 9.69 Å². The van der Waals surface area contributed by atoms with Crippen LogP contribution in [0.4, 0.5) is 0 Å². The SMILES string of the molecule is Cc1cc2c(cc1Cl)C1=C(C2)C(C)(C)[C@@H]2C[C@]34CCCN3C[C@]2(CC4=O)C1. The van der Waals surface area contributed by atoms with Gasteiger partial charge in [0.05, 0.1) is 5.54 Å². The van der Waals surface area contributed by atoms with E-state index in [9.17, 15) is 4.79 Å². The van der Waals surface area contributed by atoms with E-state index < -0.39 is 0 Å². The molecule has 2 bridgehead atoms. The van der Waals surface area contributed by atoms with Crippen LogP contribution in [0.5, 0.6) is 0 Å². The molecule has 0 N–H and O–H groups in total. The number of carbonyl (C=O) groups excluding carboxylic acids is 1. The van der Waals surface area contributed by atoms with Crippen LogP contribution < -0.4 is 0 Å². The summed E-state index contributed by atoms with van der Waals surface area (Å²) in [6.45, 7) is 9.29. The molecule has 3 heterocycles. The Morgan fingerprint density at radius 3 is 2.85 bits per heavy atom. The zero-order valence-corrected chi connectivity index (χ0v) is 17.4. The first-order valence-electron chi connectivity index (χ1n) is 10.6. The molecule has 7 rings (SSSR count). The monoisotopic (exact) mass is 381 g/mol. The number of allylic oxidation sites excluding steroid dienone is 2. The van der Waals surface area contributed by atoms with Gasteiger partial charge in [-0.05, 0) is 90.7 Å². The topological polar surface area (TPSA) is 20.3 Å². The van der Waals surface area contributed by atoms with Crippen LogP contribution in [0.25, 0.3) is 5.57 Å². The molecule has 1 aromatic rings. The summed E-state index contributed by atoms with van der Waals surface area (Å²) in [6.07, 6.45) is 6.32. The Hall–Kier alpha value is -1.12. The third-order valence-corrected chi connectivity index (χ3v) is 9.47. The van der Waals surface area contributed by atoms with Gasteiger partial charge in [0.15, 0.2) is 5.78 Å². The maximum Gasteiger partial charge on any atom is 0.153 e. The number of aryl methyl sites for hydroxylation is 1. The number of fused-ring (bicyclic) bond motifs is 3. The molecule has 0 unspecified atom stereocenters. The normalized spacial score (nSPS) is 38.7. The Balaban J connectivity index is 1.53. The lowest BCUT2D eigenvalue weighted by Gasteiger charge is -2.65. The maximum atomic E-state index is 13.3. The second kappa shape index (κ2) is 4.89. The maximum absolute atomic E-state index is 13.3. The quantitative estimate of drug-likeness (QED) is 0.615. The van der Waals surface area contributed by atoms with Gasteiger partial charge in [-0.1, -0.05) is 37.1 Å². The number of nitrogens with zero attached hydrogens (tertiary/aromatic N) is 1. The summed E-state index contributed by atoms with van der Waals surface area (Å²) < 4.78 is 0. The fourth-order valence-electron chi connectivity index (χ4n) is 7.80. The van der Waals surface area contributed by atoms with Crippen LogP contribution in [0, 0.1) is 23.7 Å². The molecule has 142 valence electrons. The van der Waals surface area contributed by atoms with E-state index in [1.54, 1.807) is 5.57 Å². The molecular formula is C24H28ClNO. The Bertz CT molecular complexity index is 944. The third-order valence-electron chi connectivity index (χ3n) is 9.06. The fraction of sp³-hybridized carbons (Fsp3) is 0.625. The van der Waals surface area contributed by atoms with Crippen LogP contribution in [0.2, 0.25) is 5.02 Å². The number of carbonyl (C=O) groups is 1. The summed E-state index contributed by atoms with van der Waals surface area (Å²) in [4.78, 5) is 15.9. The second-order valence-corrected chi connectivity index (χ2v) is 11.0. The zero-order chi connectivity index (χ0) is 18.8. The van der Waals surface area contributed by atoms with Crippen molar-refractivity contribution < 1.29 is 4.79 Å². The minimum atomic E-state index is -0.118. The van der Waals surface area contributed by atoms with Gasteiger partial charge < -0.3 is 0 Å². The number of ketones is 1. The largest absolute Gasteiger partial charge is 0.298 e. The van der Waals surface area contributed by atoms with Crippen LogP contribution in [-0.2, 0) is 11.2 Å². The number of piperidine rings is 2. The number of benzene rings is 1. The molecule has 4 fully saturated rings. The molecule has 3 aliphatic carbocycles.